The predicted molar refractivity (Wildman–Crippen MR) is 144 cm³/mol. The number of benzene rings is 4. The second kappa shape index (κ2) is 12.8. The Labute approximate surface area is 209 Å². The molecule has 0 spiro atoms. The molecule has 0 aliphatic heterocycles. The van der Waals surface area contributed by atoms with Gasteiger partial charge in [0.05, 0.1) is 6.61 Å². The SMILES string of the molecule is CCCCc1ccc(OC(C)OCCOc2c(-c3ccccc3)cccc2-c2ccccc2)cc1. The summed E-state index contributed by atoms with van der Waals surface area (Å²) in [6, 6.07) is 35.3. The molecule has 0 bridgehead atoms. The first-order chi connectivity index (χ1) is 17.2. The van der Waals surface area contributed by atoms with Gasteiger partial charge in [0.15, 0.2) is 6.29 Å². The van der Waals surface area contributed by atoms with Gasteiger partial charge in [0, 0.05) is 11.1 Å². The average molecular weight is 467 g/mol. The number of rotatable bonds is 12. The summed E-state index contributed by atoms with van der Waals surface area (Å²) in [5, 5.41) is 0. The second-order valence-electron chi connectivity index (χ2n) is 8.57. The first kappa shape index (κ1) is 24.6. The fourth-order valence-electron chi connectivity index (χ4n) is 4.08. The molecule has 0 aliphatic rings. The Morgan fingerprint density at radius 2 is 1.26 bits per heavy atom. The van der Waals surface area contributed by atoms with Gasteiger partial charge in [-0.2, -0.15) is 0 Å². The molecule has 0 amide bonds. The topological polar surface area (TPSA) is 27.7 Å². The third-order valence-electron chi connectivity index (χ3n) is 5.91. The third kappa shape index (κ3) is 6.97. The average Bonchev–Trinajstić information content (AvgIpc) is 2.91. The summed E-state index contributed by atoms with van der Waals surface area (Å²) in [7, 11) is 0. The largest absolute Gasteiger partial charge is 0.490 e. The van der Waals surface area contributed by atoms with E-state index in [9.17, 15) is 0 Å². The maximum Gasteiger partial charge on any atom is 0.197 e. The summed E-state index contributed by atoms with van der Waals surface area (Å²) >= 11 is 0. The molecule has 0 radical (unpaired) electrons. The van der Waals surface area contributed by atoms with Crippen LogP contribution in [-0.4, -0.2) is 19.5 Å². The van der Waals surface area contributed by atoms with Crippen LogP contribution in [0.3, 0.4) is 0 Å². The van der Waals surface area contributed by atoms with Crippen molar-refractivity contribution in [3.8, 4) is 33.8 Å². The first-order valence-corrected chi connectivity index (χ1v) is 12.5. The van der Waals surface area contributed by atoms with E-state index in [1.54, 1.807) is 0 Å². The number of hydrogen-bond donors (Lipinski definition) is 0. The molecule has 1 atom stereocenters. The van der Waals surface area contributed by atoms with Gasteiger partial charge >= 0.3 is 0 Å². The molecule has 3 nitrogen and oxygen atoms in total. The zero-order valence-corrected chi connectivity index (χ0v) is 20.7. The van der Waals surface area contributed by atoms with Gasteiger partial charge in [-0.1, -0.05) is 104 Å². The Hall–Kier alpha value is -3.56. The van der Waals surface area contributed by atoms with Crippen molar-refractivity contribution >= 4 is 0 Å². The lowest BCUT2D eigenvalue weighted by molar-refractivity contribution is -0.0738. The van der Waals surface area contributed by atoms with Crippen LogP contribution in [-0.2, 0) is 11.2 Å². The Balaban J connectivity index is 1.39. The Morgan fingerprint density at radius 3 is 1.83 bits per heavy atom. The van der Waals surface area contributed by atoms with E-state index in [1.807, 2.05) is 55.5 Å². The van der Waals surface area contributed by atoms with Crippen LogP contribution in [0.5, 0.6) is 11.5 Å². The van der Waals surface area contributed by atoms with Crippen LogP contribution in [0.2, 0.25) is 0 Å². The van der Waals surface area contributed by atoms with Crippen molar-refractivity contribution in [2.75, 3.05) is 13.2 Å². The Bertz CT molecular complexity index is 1100. The van der Waals surface area contributed by atoms with Gasteiger partial charge in [-0.25, -0.2) is 0 Å². The summed E-state index contributed by atoms with van der Waals surface area (Å²) < 4.78 is 18.2. The second-order valence-corrected chi connectivity index (χ2v) is 8.57. The van der Waals surface area contributed by atoms with E-state index < -0.39 is 0 Å². The molecule has 4 rings (SSSR count). The molecule has 0 saturated heterocycles. The van der Waals surface area contributed by atoms with Gasteiger partial charge in [0.1, 0.15) is 18.1 Å². The van der Waals surface area contributed by atoms with Gasteiger partial charge in [0.2, 0.25) is 0 Å². The van der Waals surface area contributed by atoms with Gasteiger partial charge < -0.3 is 14.2 Å². The van der Waals surface area contributed by atoms with Gasteiger partial charge in [-0.15, -0.1) is 0 Å². The van der Waals surface area contributed by atoms with Crippen LogP contribution in [0.1, 0.15) is 32.3 Å². The van der Waals surface area contributed by atoms with E-state index >= 15 is 0 Å². The summed E-state index contributed by atoms with van der Waals surface area (Å²) in [6.45, 7) is 4.97. The van der Waals surface area contributed by atoms with Crippen molar-refractivity contribution in [2.24, 2.45) is 0 Å². The van der Waals surface area contributed by atoms with Crippen LogP contribution in [0.25, 0.3) is 22.3 Å². The molecule has 4 aromatic carbocycles. The minimum atomic E-state index is -0.363. The van der Waals surface area contributed by atoms with Crippen LogP contribution in [0.15, 0.2) is 103 Å². The lowest BCUT2D eigenvalue weighted by atomic mass is 9.97. The van der Waals surface area contributed by atoms with Crippen molar-refractivity contribution in [2.45, 2.75) is 39.4 Å². The molecule has 35 heavy (non-hydrogen) atoms. The standard InChI is InChI=1S/C32H34O3/c1-3-4-12-26-19-21-29(22-20-26)35-25(2)33-23-24-34-32-30(27-13-7-5-8-14-27)17-11-18-31(32)28-15-9-6-10-16-28/h5-11,13-22,25H,3-4,12,23-24H2,1-2H3. The molecule has 180 valence electrons. The van der Waals surface area contributed by atoms with Crippen LogP contribution >= 0.6 is 0 Å². The number of unbranched alkanes of at least 4 members (excludes halogenated alkanes) is 1. The lowest BCUT2D eigenvalue weighted by Gasteiger charge is -2.19. The highest BCUT2D eigenvalue weighted by Crippen LogP contribution is 2.39. The number of aryl methyl sites for hydroxylation is 1. The lowest BCUT2D eigenvalue weighted by Crippen LogP contribution is -2.20. The monoisotopic (exact) mass is 466 g/mol. The Kier molecular flexibility index (Phi) is 8.97. The summed E-state index contributed by atoms with van der Waals surface area (Å²) in [4.78, 5) is 0. The molecule has 0 heterocycles. The molecular weight excluding hydrogens is 432 g/mol. The van der Waals surface area contributed by atoms with Gasteiger partial charge in [0.25, 0.3) is 0 Å². The highest BCUT2D eigenvalue weighted by Gasteiger charge is 2.14. The molecule has 1 unspecified atom stereocenters. The van der Waals surface area contributed by atoms with E-state index in [-0.39, 0.29) is 6.29 Å². The smallest absolute Gasteiger partial charge is 0.197 e. The third-order valence-corrected chi connectivity index (χ3v) is 5.91. The van der Waals surface area contributed by atoms with Crippen LogP contribution in [0, 0.1) is 0 Å². The van der Waals surface area contributed by atoms with E-state index in [0.29, 0.717) is 13.2 Å². The zero-order chi connectivity index (χ0) is 24.3. The van der Waals surface area contributed by atoms with Crippen molar-refractivity contribution in [3.05, 3.63) is 109 Å². The zero-order valence-electron chi connectivity index (χ0n) is 20.7. The minimum absolute atomic E-state index is 0.363. The first-order valence-electron chi connectivity index (χ1n) is 12.5. The number of para-hydroxylation sites is 1. The van der Waals surface area contributed by atoms with Crippen molar-refractivity contribution in [3.63, 3.8) is 0 Å². The Morgan fingerprint density at radius 1 is 0.657 bits per heavy atom. The summed E-state index contributed by atoms with van der Waals surface area (Å²) in [5.74, 6) is 1.68. The van der Waals surface area contributed by atoms with Crippen LogP contribution in [0.4, 0.5) is 0 Å². The van der Waals surface area contributed by atoms with Crippen LogP contribution < -0.4 is 9.47 Å². The molecular formula is C32H34O3. The molecule has 4 aromatic rings. The van der Waals surface area contributed by atoms with E-state index in [4.69, 9.17) is 14.2 Å². The number of hydrogen-bond acceptors (Lipinski definition) is 3. The van der Waals surface area contributed by atoms with E-state index in [2.05, 4.69) is 61.5 Å². The van der Waals surface area contributed by atoms with E-state index in [1.165, 1.54) is 18.4 Å². The van der Waals surface area contributed by atoms with Crippen molar-refractivity contribution < 1.29 is 14.2 Å². The fourth-order valence-corrected chi connectivity index (χ4v) is 4.08. The van der Waals surface area contributed by atoms with Gasteiger partial charge in [-0.05, 0) is 48.6 Å². The summed E-state index contributed by atoms with van der Waals surface area (Å²) in [5.41, 5.74) is 5.73. The highest BCUT2D eigenvalue weighted by molar-refractivity contribution is 5.82. The quantitative estimate of drug-likeness (QED) is 0.156. The van der Waals surface area contributed by atoms with Crippen molar-refractivity contribution in [1.29, 1.82) is 0 Å². The molecule has 0 aliphatic carbocycles. The van der Waals surface area contributed by atoms with Gasteiger partial charge in [-0.3, -0.25) is 0 Å². The summed E-state index contributed by atoms with van der Waals surface area (Å²) in [6.07, 6.45) is 3.15. The number of ether oxygens (including phenoxy) is 3. The predicted octanol–water partition coefficient (Wildman–Crippen LogP) is 8.18. The molecule has 0 aromatic heterocycles. The highest BCUT2D eigenvalue weighted by atomic mass is 16.7. The molecule has 0 fully saturated rings. The maximum absolute atomic E-state index is 6.35. The fraction of sp³-hybridized carbons (Fsp3) is 0.250. The molecule has 3 heteroatoms. The normalized spacial score (nSPS) is 11.7. The van der Waals surface area contributed by atoms with Crippen molar-refractivity contribution in [1.82, 2.24) is 0 Å². The van der Waals surface area contributed by atoms with E-state index in [0.717, 1.165) is 40.2 Å². The minimum Gasteiger partial charge on any atom is -0.490 e. The molecule has 0 saturated carbocycles. The maximum atomic E-state index is 6.35. The molecule has 0 N–H and O–H groups in total.